The third kappa shape index (κ3) is 2.86. The second-order valence-electron chi connectivity index (χ2n) is 4.49. The lowest BCUT2D eigenvalue weighted by molar-refractivity contribution is -0.117. The molecule has 0 heterocycles. The third-order valence-electron chi connectivity index (χ3n) is 2.55. The highest BCUT2D eigenvalue weighted by Gasteiger charge is 2.23. The summed E-state index contributed by atoms with van der Waals surface area (Å²) in [7, 11) is 0. The molecule has 17 heavy (non-hydrogen) atoms. The minimum absolute atomic E-state index is 0.0484. The summed E-state index contributed by atoms with van der Waals surface area (Å²) in [6.07, 6.45) is 0. The van der Waals surface area contributed by atoms with Crippen LogP contribution in [0.4, 0.5) is 5.69 Å². The lowest BCUT2D eigenvalue weighted by Gasteiger charge is -2.16. The zero-order chi connectivity index (χ0) is 12.5. The Bertz CT molecular complexity index is 557. The highest BCUT2D eigenvalue weighted by Crippen LogP contribution is 2.22. The molecule has 0 saturated carbocycles. The van der Waals surface area contributed by atoms with Crippen molar-refractivity contribution in [1.82, 2.24) is 0 Å². The van der Waals surface area contributed by atoms with Crippen molar-refractivity contribution < 1.29 is 4.79 Å². The molecule has 0 fully saturated rings. The predicted molar refractivity (Wildman–Crippen MR) is 75.6 cm³/mol. The number of amides is 1. The molecular formula is C14H14BrNO. The first-order valence-corrected chi connectivity index (χ1v) is 6.25. The Labute approximate surface area is 109 Å². The molecule has 0 saturated heterocycles. The fraction of sp³-hybridized carbons (Fsp3) is 0.214. The number of anilines is 1. The van der Waals surface area contributed by atoms with E-state index in [0.717, 1.165) is 11.1 Å². The molecule has 0 bridgehead atoms. The van der Waals surface area contributed by atoms with Gasteiger partial charge in [0.15, 0.2) is 0 Å². The van der Waals surface area contributed by atoms with Gasteiger partial charge in [-0.25, -0.2) is 0 Å². The Hall–Kier alpha value is -1.35. The topological polar surface area (TPSA) is 29.1 Å². The summed E-state index contributed by atoms with van der Waals surface area (Å²) >= 11 is 3.34. The summed E-state index contributed by atoms with van der Waals surface area (Å²) in [5.74, 6) is -0.0484. The second-order valence-corrected chi connectivity index (χ2v) is 6.47. The maximum Gasteiger partial charge on any atom is 0.240 e. The molecule has 0 radical (unpaired) electrons. The molecule has 2 aromatic rings. The van der Waals surface area contributed by atoms with Gasteiger partial charge in [-0.15, -0.1) is 0 Å². The Morgan fingerprint density at radius 3 is 2.41 bits per heavy atom. The van der Waals surface area contributed by atoms with Crippen LogP contribution in [-0.2, 0) is 4.79 Å². The van der Waals surface area contributed by atoms with Crippen molar-refractivity contribution in [2.24, 2.45) is 0 Å². The molecule has 2 nitrogen and oxygen atoms in total. The standard InChI is InChI=1S/C14H14BrNO/c1-14(2,15)13(17)16-12-8-7-10-5-3-4-6-11(10)9-12/h3-9H,1-2H3,(H,16,17). The fourth-order valence-corrected chi connectivity index (χ4v) is 1.65. The van der Waals surface area contributed by atoms with Crippen LogP contribution in [-0.4, -0.2) is 10.2 Å². The molecule has 0 aromatic heterocycles. The minimum Gasteiger partial charge on any atom is -0.325 e. The SMILES string of the molecule is CC(C)(Br)C(=O)Nc1ccc2ccccc2c1. The lowest BCUT2D eigenvalue weighted by atomic mass is 10.1. The number of benzene rings is 2. The monoisotopic (exact) mass is 291 g/mol. The zero-order valence-electron chi connectivity index (χ0n) is 9.83. The quantitative estimate of drug-likeness (QED) is 0.834. The van der Waals surface area contributed by atoms with Crippen LogP contribution in [0.15, 0.2) is 42.5 Å². The maximum atomic E-state index is 11.8. The number of rotatable bonds is 2. The van der Waals surface area contributed by atoms with Crippen LogP contribution in [0, 0.1) is 0 Å². The van der Waals surface area contributed by atoms with Crippen LogP contribution in [0.5, 0.6) is 0 Å². The van der Waals surface area contributed by atoms with E-state index in [4.69, 9.17) is 0 Å². The van der Waals surface area contributed by atoms with E-state index in [2.05, 4.69) is 27.3 Å². The second kappa shape index (κ2) is 4.49. The van der Waals surface area contributed by atoms with Gasteiger partial charge in [0, 0.05) is 5.69 Å². The molecule has 0 aliphatic heterocycles. The summed E-state index contributed by atoms with van der Waals surface area (Å²) in [6, 6.07) is 14.0. The van der Waals surface area contributed by atoms with Crippen LogP contribution >= 0.6 is 15.9 Å². The van der Waals surface area contributed by atoms with Crippen molar-refractivity contribution in [3.05, 3.63) is 42.5 Å². The summed E-state index contributed by atoms with van der Waals surface area (Å²) < 4.78 is -0.557. The highest BCUT2D eigenvalue weighted by atomic mass is 79.9. The largest absolute Gasteiger partial charge is 0.325 e. The molecule has 2 aromatic carbocycles. The smallest absolute Gasteiger partial charge is 0.240 e. The lowest BCUT2D eigenvalue weighted by Crippen LogP contribution is -2.30. The van der Waals surface area contributed by atoms with E-state index in [9.17, 15) is 4.79 Å². The van der Waals surface area contributed by atoms with E-state index in [0.29, 0.717) is 0 Å². The average molecular weight is 292 g/mol. The van der Waals surface area contributed by atoms with Crippen LogP contribution in [0.2, 0.25) is 0 Å². The van der Waals surface area contributed by atoms with E-state index in [-0.39, 0.29) is 5.91 Å². The van der Waals surface area contributed by atoms with Gasteiger partial charge in [-0.3, -0.25) is 4.79 Å². The van der Waals surface area contributed by atoms with E-state index in [1.54, 1.807) is 0 Å². The first-order chi connectivity index (χ1) is 7.97. The van der Waals surface area contributed by atoms with E-state index >= 15 is 0 Å². The van der Waals surface area contributed by atoms with Crippen molar-refractivity contribution in [3.8, 4) is 0 Å². The molecular weight excluding hydrogens is 278 g/mol. The summed E-state index contributed by atoms with van der Waals surface area (Å²) in [5, 5.41) is 5.18. The molecule has 3 heteroatoms. The summed E-state index contributed by atoms with van der Waals surface area (Å²) in [6.45, 7) is 3.65. The van der Waals surface area contributed by atoms with Gasteiger partial charge >= 0.3 is 0 Å². The molecule has 88 valence electrons. The predicted octanol–water partition coefficient (Wildman–Crippen LogP) is 3.95. The van der Waals surface area contributed by atoms with Crippen LogP contribution in [0.1, 0.15) is 13.8 Å². The van der Waals surface area contributed by atoms with Gasteiger partial charge in [0.05, 0.1) is 4.32 Å². The first kappa shape index (κ1) is 12.1. The van der Waals surface area contributed by atoms with Crippen LogP contribution in [0.25, 0.3) is 10.8 Å². The fourth-order valence-electron chi connectivity index (χ4n) is 1.55. The molecule has 0 spiro atoms. The van der Waals surface area contributed by atoms with E-state index < -0.39 is 4.32 Å². The normalized spacial score (nSPS) is 11.5. The van der Waals surface area contributed by atoms with Gasteiger partial charge in [-0.1, -0.05) is 46.3 Å². The highest BCUT2D eigenvalue weighted by molar-refractivity contribution is 9.10. The average Bonchev–Trinajstić information content (AvgIpc) is 2.27. The number of fused-ring (bicyclic) bond motifs is 1. The van der Waals surface area contributed by atoms with Gasteiger partial charge in [-0.2, -0.15) is 0 Å². The van der Waals surface area contributed by atoms with Crippen molar-refractivity contribution in [2.75, 3.05) is 5.32 Å². The van der Waals surface area contributed by atoms with E-state index in [1.165, 1.54) is 5.39 Å². The van der Waals surface area contributed by atoms with Crippen molar-refractivity contribution in [2.45, 2.75) is 18.2 Å². The van der Waals surface area contributed by atoms with Crippen molar-refractivity contribution >= 4 is 38.3 Å². The third-order valence-corrected chi connectivity index (χ3v) is 2.91. The molecule has 1 amide bonds. The zero-order valence-corrected chi connectivity index (χ0v) is 11.4. The van der Waals surface area contributed by atoms with Gasteiger partial charge in [0.1, 0.15) is 0 Å². The molecule has 0 atom stereocenters. The molecule has 0 aliphatic rings. The number of nitrogens with one attached hydrogen (secondary N) is 1. The van der Waals surface area contributed by atoms with Crippen LogP contribution in [0.3, 0.4) is 0 Å². The molecule has 2 rings (SSSR count). The number of hydrogen-bond acceptors (Lipinski definition) is 1. The molecule has 1 N–H and O–H groups in total. The van der Waals surface area contributed by atoms with Crippen molar-refractivity contribution in [1.29, 1.82) is 0 Å². The van der Waals surface area contributed by atoms with Gasteiger partial charge < -0.3 is 5.32 Å². The maximum absolute atomic E-state index is 11.8. The number of halogens is 1. The summed E-state index contributed by atoms with van der Waals surface area (Å²) in [4.78, 5) is 11.8. The number of alkyl halides is 1. The first-order valence-electron chi connectivity index (χ1n) is 5.46. The van der Waals surface area contributed by atoms with Gasteiger partial charge in [0.25, 0.3) is 0 Å². The van der Waals surface area contributed by atoms with Gasteiger partial charge in [-0.05, 0) is 36.8 Å². The molecule has 0 aliphatic carbocycles. The minimum atomic E-state index is -0.557. The van der Waals surface area contributed by atoms with E-state index in [1.807, 2.05) is 50.2 Å². The number of hydrogen-bond donors (Lipinski definition) is 1. The van der Waals surface area contributed by atoms with Crippen LogP contribution < -0.4 is 5.32 Å². The Morgan fingerprint density at radius 1 is 1.12 bits per heavy atom. The number of carbonyl (C=O) groups excluding carboxylic acids is 1. The Morgan fingerprint density at radius 2 is 1.76 bits per heavy atom. The molecule has 0 unspecified atom stereocenters. The Balaban J connectivity index is 2.29. The summed E-state index contributed by atoms with van der Waals surface area (Å²) in [5.41, 5.74) is 0.821. The number of carbonyl (C=O) groups is 1. The Kier molecular flexibility index (Phi) is 3.20. The van der Waals surface area contributed by atoms with Gasteiger partial charge in [0.2, 0.25) is 5.91 Å². The van der Waals surface area contributed by atoms with Crippen molar-refractivity contribution in [3.63, 3.8) is 0 Å².